The maximum absolute atomic E-state index is 12.7. The van der Waals surface area contributed by atoms with Gasteiger partial charge in [-0.25, -0.2) is 9.78 Å². The molecule has 1 aromatic rings. The van der Waals surface area contributed by atoms with Crippen molar-refractivity contribution in [1.29, 1.82) is 0 Å². The number of nitrogens with one attached hydrogen (secondary N) is 5. The van der Waals surface area contributed by atoms with Gasteiger partial charge in [0.1, 0.15) is 12.1 Å². The maximum atomic E-state index is 12.7. The van der Waals surface area contributed by atoms with Crippen molar-refractivity contribution >= 4 is 23.7 Å². The van der Waals surface area contributed by atoms with Crippen molar-refractivity contribution in [2.75, 3.05) is 19.6 Å². The molecule has 15 nitrogen and oxygen atoms in total. The van der Waals surface area contributed by atoms with Crippen molar-refractivity contribution < 1.29 is 24.3 Å². The van der Waals surface area contributed by atoms with Crippen molar-refractivity contribution in [1.82, 2.24) is 31.3 Å². The second-order valence-corrected chi connectivity index (χ2v) is 6.36. The topological polar surface area (TPSA) is 240 Å². The van der Waals surface area contributed by atoms with Crippen LogP contribution in [0.4, 0.5) is 0 Å². The number of rotatable bonds is 15. The van der Waals surface area contributed by atoms with Crippen LogP contribution in [0.2, 0.25) is 0 Å². The molecule has 0 fully saturated rings. The first-order chi connectivity index (χ1) is 14.9. The molecule has 0 saturated carbocycles. The minimum atomic E-state index is -1.23. The minimum absolute atomic E-state index is 0.00827. The fourth-order valence-electron chi connectivity index (χ4n) is 2.48. The fourth-order valence-corrected chi connectivity index (χ4v) is 2.48. The molecule has 0 aliphatic carbocycles. The Kier molecular flexibility index (Phi) is 11.5. The number of H-pyrrole nitrogens is 1. The molecule has 0 unspecified atom stereocenters. The number of amides is 3. The molecular weight excluding hydrogens is 412 g/mol. The second-order valence-electron chi connectivity index (χ2n) is 6.36. The summed E-state index contributed by atoms with van der Waals surface area (Å²) in [5, 5.41) is 19.7. The van der Waals surface area contributed by atoms with Crippen molar-refractivity contribution in [3.05, 3.63) is 28.7 Å². The molecule has 2 atom stereocenters. The molecule has 8 N–H and O–H groups in total. The monoisotopic (exact) mass is 438 g/mol. The number of carboxylic acids is 1. The van der Waals surface area contributed by atoms with Gasteiger partial charge in [0, 0.05) is 12.6 Å². The predicted octanol–water partition coefficient (Wildman–Crippen LogP) is -1.93. The summed E-state index contributed by atoms with van der Waals surface area (Å²) in [5.74, 6) is -3.12. The van der Waals surface area contributed by atoms with Crippen LogP contribution in [0, 0.1) is 0 Å². The zero-order valence-electron chi connectivity index (χ0n) is 16.7. The van der Waals surface area contributed by atoms with Gasteiger partial charge in [-0.2, -0.15) is 4.91 Å². The van der Waals surface area contributed by atoms with E-state index in [4.69, 9.17) is 11.3 Å². The Labute approximate surface area is 177 Å². The Morgan fingerprint density at radius 3 is 2.61 bits per heavy atom. The molecule has 0 saturated heterocycles. The lowest BCUT2D eigenvalue weighted by atomic mass is 10.1. The molecule has 0 aromatic carbocycles. The number of unbranched alkanes of at least 4 members (excludes halogenated alkanes) is 1. The number of nitrogens with two attached hydrogens (primary N) is 1. The summed E-state index contributed by atoms with van der Waals surface area (Å²) in [7, 11) is 0. The molecule has 15 heteroatoms. The summed E-state index contributed by atoms with van der Waals surface area (Å²) in [5.41, 5.74) is 16.2. The normalized spacial score (nSPS) is 12.0. The molecule has 0 aliphatic rings. The minimum Gasteiger partial charge on any atom is -0.480 e. The average molecular weight is 438 g/mol. The van der Waals surface area contributed by atoms with E-state index in [1.54, 1.807) is 0 Å². The molecule has 1 aromatic heterocycles. The molecule has 1 rings (SSSR count). The van der Waals surface area contributed by atoms with E-state index in [2.05, 4.69) is 41.5 Å². The van der Waals surface area contributed by atoms with Gasteiger partial charge in [-0.05, 0) is 24.5 Å². The fraction of sp³-hybridized carbons (Fsp3) is 0.562. The van der Waals surface area contributed by atoms with Gasteiger partial charge >= 0.3 is 5.97 Å². The Balaban J connectivity index is 2.69. The van der Waals surface area contributed by atoms with Gasteiger partial charge < -0.3 is 31.8 Å². The van der Waals surface area contributed by atoms with Gasteiger partial charge in [-0.1, -0.05) is 0 Å². The van der Waals surface area contributed by atoms with Gasteiger partial charge in [0.25, 0.3) is 0 Å². The summed E-state index contributed by atoms with van der Waals surface area (Å²) in [6.45, 7) is -0.319. The molecule has 170 valence electrons. The molecule has 0 radical (unpaired) electrons. The maximum Gasteiger partial charge on any atom is 0.326 e. The highest BCUT2D eigenvalue weighted by atomic mass is 16.4. The number of nitrogens with zero attached hydrogens (tertiary/aromatic N) is 4. The lowest BCUT2D eigenvalue weighted by Crippen LogP contribution is -2.54. The van der Waals surface area contributed by atoms with E-state index in [1.807, 2.05) is 0 Å². The lowest BCUT2D eigenvalue weighted by molar-refractivity contribution is -0.142. The van der Waals surface area contributed by atoms with Crippen LogP contribution in [0.5, 0.6) is 0 Å². The van der Waals surface area contributed by atoms with Gasteiger partial charge in [0.2, 0.25) is 17.7 Å². The van der Waals surface area contributed by atoms with Gasteiger partial charge in [0.05, 0.1) is 31.7 Å². The Morgan fingerprint density at radius 2 is 2.00 bits per heavy atom. The van der Waals surface area contributed by atoms with E-state index < -0.39 is 35.8 Å². The van der Waals surface area contributed by atoms with E-state index in [-0.39, 0.29) is 25.9 Å². The summed E-state index contributed by atoms with van der Waals surface area (Å²) in [6.07, 6.45) is 4.04. The Hall–Kier alpha value is -3.84. The number of carbonyl (C=O) groups is 4. The van der Waals surface area contributed by atoms with Gasteiger partial charge in [-0.15, -0.1) is 5.53 Å². The van der Waals surface area contributed by atoms with Gasteiger partial charge in [-0.3, -0.25) is 19.8 Å². The highest BCUT2D eigenvalue weighted by Crippen LogP contribution is 2.04. The van der Waals surface area contributed by atoms with Crippen LogP contribution in [0.1, 0.15) is 25.0 Å². The van der Waals surface area contributed by atoms with Crippen LogP contribution in [-0.4, -0.2) is 70.5 Å². The number of imidazole rings is 1. The van der Waals surface area contributed by atoms with E-state index in [0.717, 1.165) is 0 Å². The third-order valence-electron chi connectivity index (χ3n) is 4.01. The largest absolute Gasteiger partial charge is 0.480 e. The summed E-state index contributed by atoms with van der Waals surface area (Å²) in [4.78, 5) is 56.7. The average Bonchev–Trinajstić information content (AvgIpc) is 3.25. The Bertz CT molecular complexity index is 778. The molecule has 0 aliphatic heterocycles. The number of aromatic amines is 1. The van der Waals surface area contributed by atoms with Crippen LogP contribution >= 0.6 is 0 Å². The molecule has 31 heavy (non-hydrogen) atoms. The van der Waals surface area contributed by atoms with Crippen LogP contribution in [0.3, 0.4) is 0 Å². The van der Waals surface area contributed by atoms with Crippen LogP contribution < -0.4 is 27.1 Å². The second kappa shape index (κ2) is 14.2. The summed E-state index contributed by atoms with van der Waals surface area (Å²) < 4.78 is 0. The highest BCUT2D eigenvalue weighted by molar-refractivity contribution is 5.92. The number of carbonyl (C=O) groups excluding carboxylic acids is 3. The SMILES string of the molecule is [N-]=[N+]=NNCCCC[C@H](NC(=O)[C@H](Cc1c[nH]cn1)NC(=O)CNC(=O)CN)C(=O)O. The first-order valence-corrected chi connectivity index (χ1v) is 9.41. The number of hydrogen-bond acceptors (Lipinski definition) is 7. The third kappa shape index (κ3) is 10.5. The van der Waals surface area contributed by atoms with E-state index in [0.29, 0.717) is 25.1 Å². The molecular formula is C16H26N10O5. The van der Waals surface area contributed by atoms with E-state index in [1.165, 1.54) is 12.5 Å². The van der Waals surface area contributed by atoms with Gasteiger partial charge in [0.15, 0.2) is 0 Å². The van der Waals surface area contributed by atoms with Crippen LogP contribution in [0.15, 0.2) is 17.7 Å². The molecule has 0 bridgehead atoms. The summed E-state index contributed by atoms with van der Waals surface area (Å²) >= 11 is 0. The van der Waals surface area contributed by atoms with Crippen molar-refractivity contribution in [3.8, 4) is 0 Å². The number of carboxylic acid groups (broad SMARTS) is 1. The number of aliphatic carboxylic acids is 1. The van der Waals surface area contributed by atoms with E-state index >= 15 is 0 Å². The number of hydrogen-bond donors (Lipinski definition) is 7. The lowest BCUT2D eigenvalue weighted by Gasteiger charge is -2.21. The molecule has 3 amide bonds. The third-order valence-corrected chi connectivity index (χ3v) is 4.01. The van der Waals surface area contributed by atoms with Crippen molar-refractivity contribution in [3.63, 3.8) is 0 Å². The Morgan fingerprint density at radius 1 is 1.23 bits per heavy atom. The molecule has 1 heterocycles. The van der Waals surface area contributed by atoms with Crippen molar-refractivity contribution in [2.24, 2.45) is 11.0 Å². The standard InChI is InChI=1S/C16H26N10O5/c17-6-13(27)20-8-14(28)23-12(5-10-7-19-9-21-10)15(29)24-11(16(30)31)3-1-2-4-22-26-25-18/h7,9,11-12,22H,1-6,8,17H2,(H,19,21)(H,20,27)(H,23,28)(H,24,29)(H,30,31)/t11-,12-/m0/s1. The highest BCUT2D eigenvalue weighted by Gasteiger charge is 2.27. The first kappa shape index (κ1) is 25.2. The smallest absolute Gasteiger partial charge is 0.326 e. The van der Waals surface area contributed by atoms with Crippen LogP contribution in [-0.2, 0) is 25.6 Å². The first-order valence-electron chi connectivity index (χ1n) is 9.41. The molecule has 0 spiro atoms. The zero-order chi connectivity index (χ0) is 23.1. The number of aromatic nitrogens is 2. The van der Waals surface area contributed by atoms with E-state index in [9.17, 15) is 24.3 Å². The zero-order valence-corrected chi connectivity index (χ0v) is 16.7. The number of azide groups is 1. The quantitative estimate of drug-likeness (QED) is 0.0533. The van der Waals surface area contributed by atoms with Crippen LogP contribution in [0.25, 0.3) is 10.4 Å². The summed E-state index contributed by atoms with van der Waals surface area (Å²) in [6, 6.07) is -2.29. The predicted molar refractivity (Wildman–Crippen MR) is 107 cm³/mol. The van der Waals surface area contributed by atoms with Crippen molar-refractivity contribution in [2.45, 2.75) is 37.8 Å².